The number of hydrogen-bond donors (Lipinski definition) is 10. The molecule has 2 aliphatic carbocycles. The fourth-order valence-electron chi connectivity index (χ4n) is 9.76. The lowest BCUT2D eigenvalue weighted by molar-refractivity contribution is -0.346. The standard InChI is InChI=1S/C42H66O20/c1-18(9-11-55-36(52)23-16-58-39(29-21(23)8-10-42(29,4)54)62-41-35(51)33(49)31(47)27(14-44)60-41)6-5-7-19(2)15-56-37(53)24-17-57-38(28-20(3)25(45)12-22(24)28)61-40-34(50)32(48)30(46)26(13-43)59-40/h16-22,25-35,38-41,43-51,54H,5-15H2,1-4H3/t18?,19?,20-,21-,22-,25+,26-,27-,28-,29-,30-,31-,32+,33+,34-,35-,38+,39+,40+,41+,42+/m1/s1. The predicted molar refractivity (Wildman–Crippen MR) is 208 cm³/mol. The number of esters is 2. The number of rotatable bonds is 17. The molecule has 2 saturated heterocycles. The SMILES string of the molecule is CC(CCCC(C)COC(=O)C1=CO[C@@H](O[C@@H]2O[C@H](CO)[C@@H](O)[C@H](O)[C@H]2O)[C@@H]2[C@H](C)[C@@H](O)C[C@H]12)CCOC(=O)C1=CO[C@@H](O[C@@H]2O[C@H](CO)[C@@H](O)[C@H](O)[C@H]2O)[C@H]2[C@@H]1CC[C@]2(C)O. The molecule has 20 heteroatoms. The van der Waals surface area contributed by atoms with Gasteiger partial charge in [0.05, 0.1) is 67.7 Å². The van der Waals surface area contributed by atoms with Crippen LogP contribution in [0.3, 0.4) is 0 Å². The van der Waals surface area contributed by atoms with E-state index in [0.29, 0.717) is 19.3 Å². The summed E-state index contributed by atoms with van der Waals surface area (Å²) < 4.78 is 45.6. The molecular formula is C42H66O20. The Hall–Kier alpha value is -2.54. The Bertz CT molecular complexity index is 1570. The van der Waals surface area contributed by atoms with Crippen LogP contribution in [0.4, 0.5) is 0 Å². The van der Waals surface area contributed by atoms with Crippen LogP contribution in [-0.2, 0) is 47.5 Å². The molecule has 0 amide bonds. The van der Waals surface area contributed by atoms with Gasteiger partial charge in [-0.15, -0.1) is 0 Å². The number of carbonyl (C=O) groups is 2. The lowest BCUT2D eigenvalue weighted by Crippen LogP contribution is -2.60. The van der Waals surface area contributed by atoms with Crippen molar-refractivity contribution in [1.82, 2.24) is 0 Å². The third-order valence-electron chi connectivity index (χ3n) is 13.8. The lowest BCUT2D eigenvalue weighted by Gasteiger charge is -2.44. The Morgan fingerprint density at radius 1 is 0.726 bits per heavy atom. The highest BCUT2D eigenvalue weighted by Gasteiger charge is 2.57. The molecule has 0 aromatic heterocycles. The summed E-state index contributed by atoms with van der Waals surface area (Å²) in [5.41, 5.74) is -0.839. The molecule has 0 aromatic rings. The van der Waals surface area contributed by atoms with Gasteiger partial charge in [0.2, 0.25) is 12.6 Å². The first kappa shape index (κ1) is 48.9. The van der Waals surface area contributed by atoms with Crippen LogP contribution >= 0.6 is 0 Å². The largest absolute Gasteiger partial charge is 0.472 e. The van der Waals surface area contributed by atoms with Gasteiger partial charge in [0.25, 0.3) is 0 Å². The van der Waals surface area contributed by atoms with Crippen LogP contribution in [0.15, 0.2) is 23.7 Å². The highest BCUT2D eigenvalue weighted by molar-refractivity contribution is 5.89. The second-order valence-corrected chi connectivity index (χ2v) is 18.4. The Labute approximate surface area is 359 Å². The molecule has 0 radical (unpaired) electrons. The fourth-order valence-corrected chi connectivity index (χ4v) is 9.76. The van der Waals surface area contributed by atoms with E-state index in [-0.39, 0.29) is 48.5 Å². The van der Waals surface area contributed by atoms with E-state index in [2.05, 4.69) is 0 Å². The minimum atomic E-state index is -1.67. The first-order valence-electron chi connectivity index (χ1n) is 21.8. The summed E-state index contributed by atoms with van der Waals surface area (Å²) in [5, 5.41) is 103. The average molecular weight is 891 g/mol. The Morgan fingerprint density at radius 3 is 1.85 bits per heavy atom. The van der Waals surface area contributed by atoms with E-state index in [1.54, 1.807) is 13.8 Å². The van der Waals surface area contributed by atoms with E-state index in [0.717, 1.165) is 19.3 Å². The van der Waals surface area contributed by atoms with Crippen molar-refractivity contribution in [2.45, 2.75) is 158 Å². The van der Waals surface area contributed by atoms with Crippen LogP contribution in [0.2, 0.25) is 0 Å². The van der Waals surface area contributed by atoms with Gasteiger partial charge >= 0.3 is 11.9 Å². The normalized spacial score (nSPS) is 43.8. The van der Waals surface area contributed by atoms with Crippen LogP contribution in [0.5, 0.6) is 0 Å². The first-order chi connectivity index (χ1) is 29.4. The maximum absolute atomic E-state index is 13.3. The van der Waals surface area contributed by atoms with Crippen molar-refractivity contribution in [2.75, 3.05) is 26.4 Å². The highest BCUT2D eigenvalue weighted by Crippen LogP contribution is 2.50. The molecule has 6 rings (SSSR count). The van der Waals surface area contributed by atoms with Crippen LogP contribution in [0.25, 0.3) is 0 Å². The quantitative estimate of drug-likeness (QED) is 0.0738. The van der Waals surface area contributed by atoms with Crippen LogP contribution in [0, 0.1) is 41.4 Å². The van der Waals surface area contributed by atoms with Gasteiger partial charge in [-0.1, -0.05) is 33.6 Å². The summed E-state index contributed by atoms with van der Waals surface area (Å²) in [4.78, 5) is 26.6. The van der Waals surface area contributed by atoms with Gasteiger partial charge in [0.1, 0.15) is 48.8 Å². The summed E-state index contributed by atoms with van der Waals surface area (Å²) >= 11 is 0. The Morgan fingerprint density at radius 2 is 1.26 bits per heavy atom. The number of aliphatic hydroxyl groups is 10. The molecule has 6 aliphatic rings. The highest BCUT2D eigenvalue weighted by atomic mass is 16.8. The van der Waals surface area contributed by atoms with Crippen molar-refractivity contribution in [3.63, 3.8) is 0 Å². The molecule has 354 valence electrons. The molecule has 0 spiro atoms. The number of ether oxygens (including phenoxy) is 8. The average Bonchev–Trinajstić information content (AvgIpc) is 3.73. The molecule has 20 nitrogen and oxygen atoms in total. The maximum atomic E-state index is 13.3. The van der Waals surface area contributed by atoms with Gasteiger partial charge in [-0.25, -0.2) is 9.59 Å². The predicted octanol–water partition coefficient (Wildman–Crippen LogP) is -1.57. The summed E-state index contributed by atoms with van der Waals surface area (Å²) in [5.74, 6) is -3.62. The van der Waals surface area contributed by atoms with Crippen molar-refractivity contribution in [1.29, 1.82) is 0 Å². The molecule has 0 bridgehead atoms. The van der Waals surface area contributed by atoms with Crippen LogP contribution in [0.1, 0.15) is 72.6 Å². The first-order valence-corrected chi connectivity index (χ1v) is 21.8. The second-order valence-electron chi connectivity index (χ2n) is 18.4. The third-order valence-corrected chi connectivity index (χ3v) is 13.8. The van der Waals surface area contributed by atoms with E-state index in [4.69, 9.17) is 37.9 Å². The lowest BCUT2D eigenvalue weighted by atomic mass is 9.81. The summed E-state index contributed by atoms with van der Waals surface area (Å²) in [6.07, 6.45) is -11.7. The summed E-state index contributed by atoms with van der Waals surface area (Å²) in [7, 11) is 0. The van der Waals surface area contributed by atoms with Crippen LogP contribution in [-0.4, -0.2) is 175 Å². The van der Waals surface area contributed by atoms with Crippen molar-refractivity contribution >= 4 is 11.9 Å². The smallest absolute Gasteiger partial charge is 0.337 e. The van der Waals surface area contributed by atoms with Crippen molar-refractivity contribution in [3.05, 3.63) is 23.7 Å². The molecule has 21 atom stereocenters. The molecule has 10 N–H and O–H groups in total. The molecule has 4 fully saturated rings. The molecule has 0 aromatic carbocycles. The zero-order chi connectivity index (χ0) is 45.2. The summed E-state index contributed by atoms with van der Waals surface area (Å²) in [6, 6.07) is 0. The fraction of sp³-hybridized carbons (Fsp3) is 0.857. The van der Waals surface area contributed by atoms with Gasteiger partial charge in [0, 0.05) is 17.8 Å². The molecular weight excluding hydrogens is 824 g/mol. The van der Waals surface area contributed by atoms with Gasteiger partial charge in [-0.2, -0.15) is 0 Å². The van der Waals surface area contributed by atoms with Crippen molar-refractivity contribution in [2.24, 2.45) is 41.4 Å². The number of fused-ring (bicyclic) bond motifs is 2. The second kappa shape index (κ2) is 20.7. The minimum Gasteiger partial charge on any atom is -0.472 e. The maximum Gasteiger partial charge on any atom is 0.337 e. The van der Waals surface area contributed by atoms with E-state index < -0.39 is 135 Å². The van der Waals surface area contributed by atoms with E-state index in [1.807, 2.05) is 13.8 Å². The van der Waals surface area contributed by atoms with E-state index in [9.17, 15) is 60.7 Å². The van der Waals surface area contributed by atoms with Crippen LogP contribution < -0.4 is 0 Å². The Kier molecular flexibility index (Phi) is 16.4. The van der Waals surface area contributed by atoms with E-state index >= 15 is 0 Å². The van der Waals surface area contributed by atoms with Gasteiger partial charge < -0.3 is 89.0 Å². The molecule has 2 saturated carbocycles. The molecule has 4 heterocycles. The topological polar surface area (TPSA) is 310 Å². The Balaban J connectivity index is 0.921. The molecule has 2 unspecified atom stereocenters. The number of aliphatic hydroxyl groups excluding tert-OH is 9. The van der Waals surface area contributed by atoms with Crippen molar-refractivity contribution < 1.29 is 98.5 Å². The summed E-state index contributed by atoms with van der Waals surface area (Å²) in [6.45, 7) is 6.41. The van der Waals surface area contributed by atoms with Crippen molar-refractivity contribution in [3.8, 4) is 0 Å². The zero-order valence-corrected chi connectivity index (χ0v) is 35.5. The van der Waals surface area contributed by atoms with Gasteiger partial charge in [0.15, 0.2) is 12.6 Å². The third kappa shape index (κ3) is 10.4. The molecule has 62 heavy (non-hydrogen) atoms. The number of carbonyl (C=O) groups excluding carboxylic acids is 2. The molecule has 4 aliphatic heterocycles. The minimum absolute atomic E-state index is 0.0172. The van der Waals surface area contributed by atoms with Gasteiger partial charge in [-0.3, -0.25) is 0 Å². The van der Waals surface area contributed by atoms with E-state index in [1.165, 1.54) is 12.5 Å². The van der Waals surface area contributed by atoms with Gasteiger partial charge in [-0.05, 0) is 56.8 Å². The monoisotopic (exact) mass is 890 g/mol. The zero-order valence-electron chi connectivity index (χ0n) is 35.5. The number of hydrogen-bond acceptors (Lipinski definition) is 20.